The van der Waals surface area contributed by atoms with E-state index in [0.717, 1.165) is 23.3 Å². The summed E-state index contributed by atoms with van der Waals surface area (Å²) in [5.74, 6) is -0.170. The van der Waals surface area contributed by atoms with Crippen LogP contribution in [0.4, 0.5) is 18.0 Å². The highest BCUT2D eigenvalue weighted by atomic mass is 35.5. The monoisotopic (exact) mass is 597 g/mol. The van der Waals surface area contributed by atoms with Crippen LogP contribution in [0.3, 0.4) is 0 Å². The topological polar surface area (TPSA) is 105 Å². The van der Waals surface area contributed by atoms with E-state index in [1.807, 2.05) is 31.2 Å². The van der Waals surface area contributed by atoms with Gasteiger partial charge in [0.15, 0.2) is 0 Å². The van der Waals surface area contributed by atoms with Crippen molar-refractivity contribution in [2.45, 2.75) is 50.5 Å². The van der Waals surface area contributed by atoms with Crippen LogP contribution in [-0.2, 0) is 11.0 Å². The Morgan fingerprint density at radius 1 is 1.12 bits per heavy atom. The van der Waals surface area contributed by atoms with Crippen molar-refractivity contribution < 1.29 is 38.1 Å². The molecule has 3 N–H and O–H groups in total. The van der Waals surface area contributed by atoms with Gasteiger partial charge < -0.3 is 30.0 Å². The molecule has 12 heteroatoms. The van der Waals surface area contributed by atoms with Gasteiger partial charge in [0.05, 0.1) is 35.7 Å². The minimum Gasteiger partial charge on any atom is -0.396 e. The predicted octanol–water partition coefficient (Wildman–Crippen LogP) is 4.16. The van der Waals surface area contributed by atoms with Gasteiger partial charge >= 0.3 is 12.2 Å². The number of aliphatic hydroxyl groups is 3. The van der Waals surface area contributed by atoms with Crippen molar-refractivity contribution in [2.24, 2.45) is 5.41 Å². The second kappa shape index (κ2) is 12.2. The van der Waals surface area contributed by atoms with Crippen molar-refractivity contribution >= 4 is 23.5 Å². The molecule has 2 heterocycles. The molecular weight excluding hydrogens is 563 g/mol. The fourth-order valence-electron chi connectivity index (χ4n) is 6.40. The molecule has 0 saturated carbocycles. The van der Waals surface area contributed by atoms with E-state index in [4.69, 9.17) is 11.6 Å². The van der Waals surface area contributed by atoms with Gasteiger partial charge in [-0.15, -0.1) is 0 Å². The first-order valence-corrected chi connectivity index (χ1v) is 13.9. The minimum atomic E-state index is -4.67. The molecule has 2 aromatic carbocycles. The average molecular weight is 598 g/mol. The fraction of sp³-hybridized carbons (Fsp3) is 0.517. The van der Waals surface area contributed by atoms with Crippen LogP contribution in [0.5, 0.6) is 0 Å². The zero-order valence-electron chi connectivity index (χ0n) is 22.9. The maximum Gasteiger partial charge on any atom is 0.416 e. The molecule has 2 aliphatic heterocycles. The number of likely N-dealkylation sites (N-methyl/N-ethyl adjacent to an activating group) is 1. The van der Waals surface area contributed by atoms with Gasteiger partial charge in [0, 0.05) is 38.4 Å². The third-order valence-corrected chi connectivity index (χ3v) is 8.72. The third-order valence-electron chi connectivity index (χ3n) is 8.50. The molecule has 0 bridgehead atoms. The smallest absolute Gasteiger partial charge is 0.396 e. The Morgan fingerprint density at radius 3 is 2.37 bits per heavy atom. The fourth-order valence-corrected chi connectivity index (χ4v) is 6.64. The molecule has 4 rings (SSSR count). The van der Waals surface area contributed by atoms with Gasteiger partial charge in [-0.25, -0.2) is 4.79 Å². The number of aliphatic hydroxyl groups excluding tert-OH is 3. The molecular formula is C29H35ClF3N3O5. The predicted molar refractivity (Wildman–Crippen MR) is 146 cm³/mol. The summed E-state index contributed by atoms with van der Waals surface area (Å²) in [5, 5.41) is 29.6. The molecule has 2 aromatic rings. The van der Waals surface area contributed by atoms with Gasteiger partial charge in [-0.1, -0.05) is 35.9 Å². The Balaban J connectivity index is 1.74. The first kappa shape index (κ1) is 31.1. The first-order chi connectivity index (χ1) is 19.4. The maximum atomic E-state index is 14.1. The van der Waals surface area contributed by atoms with Crippen LogP contribution >= 0.6 is 11.6 Å². The van der Waals surface area contributed by atoms with Crippen LogP contribution in [-0.4, -0.2) is 88.0 Å². The molecule has 2 aliphatic rings. The molecule has 0 unspecified atom stereocenters. The SMILES string of the molecule is Cc1ccccc1[C@H]1[C@@H]2CC(CCO)(CCO)C(=O)N2CCN1C(=O)N(C)[C@H](CO)c1cc(Cl)cc(C(F)(F)F)c1. The highest BCUT2D eigenvalue weighted by Gasteiger charge is 2.56. The van der Waals surface area contributed by atoms with Crippen molar-refractivity contribution in [1.29, 1.82) is 0 Å². The number of fused-ring (bicyclic) bond motifs is 1. The van der Waals surface area contributed by atoms with Crippen LogP contribution < -0.4 is 0 Å². The summed E-state index contributed by atoms with van der Waals surface area (Å²) in [6, 6.07) is 7.72. The molecule has 41 heavy (non-hydrogen) atoms. The lowest BCUT2D eigenvalue weighted by molar-refractivity contribution is -0.140. The molecule has 3 atom stereocenters. The number of aryl methyl sites for hydroxylation is 1. The van der Waals surface area contributed by atoms with Gasteiger partial charge in [0.1, 0.15) is 0 Å². The summed E-state index contributed by atoms with van der Waals surface area (Å²) in [6.07, 6.45) is -4.00. The number of alkyl halides is 3. The van der Waals surface area contributed by atoms with E-state index < -0.39 is 47.9 Å². The number of piperazine rings is 1. The zero-order chi connectivity index (χ0) is 30.1. The molecule has 0 spiro atoms. The summed E-state index contributed by atoms with van der Waals surface area (Å²) in [5.41, 5.74) is -0.224. The van der Waals surface area contributed by atoms with Crippen LogP contribution in [0, 0.1) is 12.3 Å². The molecule has 2 saturated heterocycles. The number of carbonyl (C=O) groups is 2. The number of carbonyl (C=O) groups excluding carboxylic acids is 2. The summed E-state index contributed by atoms with van der Waals surface area (Å²) in [7, 11) is 1.42. The first-order valence-electron chi connectivity index (χ1n) is 13.5. The highest BCUT2D eigenvalue weighted by Crippen LogP contribution is 2.49. The standard InChI is InChI=1S/C29H35ClF3N3O5/c1-18-5-3-4-6-22(18)25-23-16-28(7-11-37,8-12-38)26(40)35(23)9-10-36(25)27(41)34(2)24(17-39)19-13-20(29(31,32)33)15-21(30)14-19/h3-6,13-15,23-25,37-39H,7-12,16-17H2,1-2H3/t23-,24+,25-/m0/s1. The van der Waals surface area contributed by atoms with Crippen molar-refractivity contribution in [3.63, 3.8) is 0 Å². The molecule has 0 aliphatic carbocycles. The molecule has 0 radical (unpaired) electrons. The average Bonchev–Trinajstić information content (AvgIpc) is 3.19. The van der Waals surface area contributed by atoms with E-state index in [-0.39, 0.29) is 55.6 Å². The van der Waals surface area contributed by atoms with Crippen LogP contribution in [0.1, 0.15) is 53.6 Å². The highest BCUT2D eigenvalue weighted by molar-refractivity contribution is 6.30. The minimum absolute atomic E-state index is 0.0372. The lowest BCUT2D eigenvalue weighted by atomic mass is 9.77. The number of benzene rings is 2. The van der Waals surface area contributed by atoms with Crippen LogP contribution in [0.25, 0.3) is 0 Å². The van der Waals surface area contributed by atoms with Gasteiger partial charge in [-0.05, 0) is 61.1 Å². The van der Waals surface area contributed by atoms with Gasteiger partial charge in [-0.2, -0.15) is 13.2 Å². The quantitative estimate of drug-likeness (QED) is 0.424. The number of amides is 3. The van der Waals surface area contributed by atoms with E-state index in [1.54, 1.807) is 9.80 Å². The summed E-state index contributed by atoms with van der Waals surface area (Å²) < 4.78 is 40.5. The largest absolute Gasteiger partial charge is 0.416 e. The Hall–Kier alpha value is -2.86. The number of rotatable bonds is 8. The van der Waals surface area contributed by atoms with Crippen molar-refractivity contribution in [2.75, 3.05) is 40.0 Å². The molecule has 3 amide bonds. The number of hydrogen-bond donors (Lipinski definition) is 3. The molecule has 8 nitrogen and oxygen atoms in total. The van der Waals surface area contributed by atoms with Gasteiger partial charge in [-0.3, -0.25) is 4.79 Å². The van der Waals surface area contributed by atoms with E-state index >= 15 is 0 Å². The van der Waals surface area contributed by atoms with Gasteiger partial charge in [0.25, 0.3) is 0 Å². The number of urea groups is 1. The second-order valence-corrected chi connectivity index (χ2v) is 11.3. The van der Waals surface area contributed by atoms with Crippen molar-refractivity contribution in [3.05, 3.63) is 69.7 Å². The second-order valence-electron chi connectivity index (χ2n) is 10.9. The lowest BCUT2D eigenvalue weighted by Gasteiger charge is -2.47. The Morgan fingerprint density at radius 2 is 1.78 bits per heavy atom. The van der Waals surface area contributed by atoms with E-state index in [1.165, 1.54) is 18.0 Å². The Bertz CT molecular complexity index is 1270. The van der Waals surface area contributed by atoms with Crippen LogP contribution in [0.2, 0.25) is 5.02 Å². The van der Waals surface area contributed by atoms with Crippen LogP contribution in [0.15, 0.2) is 42.5 Å². The Labute approximate surface area is 241 Å². The molecule has 2 fully saturated rings. The number of halogens is 4. The van der Waals surface area contributed by atoms with Crippen molar-refractivity contribution in [3.8, 4) is 0 Å². The number of hydrogen-bond acceptors (Lipinski definition) is 5. The molecule has 224 valence electrons. The lowest BCUT2D eigenvalue weighted by Crippen LogP contribution is -2.58. The number of nitrogens with zero attached hydrogens (tertiary/aromatic N) is 3. The Kier molecular flexibility index (Phi) is 9.22. The van der Waals surface area contributed by atoms with E-state index in [9.17, 15) is 38.1 Å². The van der Waals surface area contributed by atoms with E-state index in [2.05, 4.69) is 0 Å². The maximum absolute atomic E-state index is 14.1. The summed E-state index contributed by atoms with van der Waals surface area (Å²) >= 11 is 5.99. The normalized spacial score (nSPS) is 21.1. The van der Waals surface area contributed by atoms with Gasteiger partial charge in [0.2, 0.25) is 5.91 Å². The summed E-state index contributed by atoms with van der Waals surface area (Å²) in [6.45, 7) is 1.14. The zero-order valence-corrected chi connectivity index (χ0v) is 23.7. The van der Waals surface area contributed by atoms with Crippen molar-refractivity contribution in [1.82, 2.24) is 14.7 Å². The van der Waals surface area contributed by atoms with E-state index in [0.29, 0.717) is 6.42 Å². The molecule has 0 aromatic heterocycles. The summed E-state index contributed by atoms with van der Waals surface area (Å²) in [4.78, 5) is 32.3. The third kappa shape index (κ3) is 5.90.